The molecule has 0 spiro atoms. The Morgan fingerprint density at radius 2 is 1.94 bits per heavy atom. The fourth-order valence-electron chi connectivity index (χ4n) is 3.76. The van der Waals surface area contributed by atoms with Gasteiger partial charge in [0.25, 0.3) is 0 Å². The van der Waals surface area contributed by atoms with Crippen LogP contribution in [-0.2, 0) is 9.59 Å². The van der Waals surface area contributed by atoms with Gasteiger partial charge in [0.15, 0.2) is 0 Å². The second-order valence-corrected chi connectivity index (χ2v) is 6.17. The number of carbonyl (C=O) groups excluding carboxylic acids is 1. The third-order valence-corrected chi connectivity index (χ3v) is 4.93. The second kappa shape index (κ2) is 4.56. The van der Waals surface area contributed by atoms with Crippen LogP contribution < -0.4 is 0 Å². The van der Waals surface area contributed by atoms with Crippen LogP contribution in [-0.4, -0.2) is 34.5 Å². The van der Waals surface area contributed by atoms with E-state index in [9.17, 15) is 14.7 Å². The molecule has 2 aliphatic carbocycles. The van der Waals surface area contributed by atoms with Gasteiger partial charge in [-0.15, -0.1) is 0 Å². The molecule has 0 aromatic heterocycles. The van der Waals surface area contributed by atoms with E-state index >= 15 is 0 Å². The summed E-state index contributed by atoms with van der Waals surface area (Å²) in [5.41, 5.74) is 0. The molecule has 0 radical (unpaired) electrons. The third-order valence-electron chi connectivity index (χ3n) is 4.93. The minimum atomic E-state index is -0.802. The van der Waals surface area contributed by atoms with E-state index in [4.69, 9.17) is 0 Å². The number of hydrogen-bond acceptors (Lipinski definition) is 2. The van der Waals surface area contributed by atoms with Gasteiger partial charge in [-0.25, -0.2) is 4.79 Å². The van der Waals surface area contributed by atoms with Crippen molar-refractivity contribution in [2.75, 3.05) is 6.54 Å². The van der Waals surface area contributed by atoms with Crippen LogP contribution >= 0.6 is 0 Å². The predicted octanol–water partition coefficient (Wildman–Crippen LogP) is 1.89. The van der Waals surface area contributed by atoms with Gasteiger partial charge in [-0.05, 0) is 37.0 Å². The van der Waals surface area contributed by atoms with Gasteiger partial charge in [-0.1, -0.05) is 19.3 Å². The summed E-state index contributed by atoms with van der Waals surface area (Å²) in [6.07, 6.45) is 7.21. The number of carbonyl (C=O) groups is 2. The molecule has 3 atom stereocenters. The monoisotopic (exact) mass is 251 g/mol. The lowest BCUT2D eigenvalue weighted by molar-refractivity contribution is -0.149. The topological polar surface area (TPSA) is 57.6 Å². The number of rotatable bonds is 4. The Bertz CT molecular complexity index is 364. The minimum Gasteiger partial charge on any atom is -0.480 e. The molecule has 1 amide bonds. The normalized spacial score (nSPS) is 34.7. The first kappa shape index (κ1) is 12.0. The van der Waals surface area contributed by atoms with E-state index in [1.807, 2.05) is 0 Å². The van der Waals surface area contributed by atoms with E-state index < -0.39 is 12.0 Å². The molecule has 0 aromatic carbocycles. The Hall–Kier alpha value is -1.06. The lowest BCUT2D eigenvalue weighted by Gasteiger charge is -2.24. The largest absolute Gasteiger partial charge is 0.480 e. The molecule has 3 rings (SSSR count). The fraction of sp³-hybridized carbons (Fsp3) is 0.857. The fourth-order valence-corrected chi connectivity index (χ4v) is 3.76. The number of fused-ring (bicyclic) bond motifs is 1. The maximum absolute atomic E-state index is 12.2. The van der Waals surface area contributed by atoms with E-state index in [1.54, 1.807) is 4.90 Å². The van der Waals surface area contributed by atoms with Gasteiger partial charge in [0.2, 0.25) is 5.91 Å². The first-order valence-electron chi connectivity index (χ1n) is 7.19. The molecule has 100 valence electrons. The Morgan fingerprint density at radius 3 is 2.61 bits per heavy atom. The third kappa shape index (κ3) is 2.13. The lowest BCUT2D eigenvalue weighted by atomic mass is 9.94. The maximum Gasteiger partial charge on any atom is 0.326 e. The van der Waals surface area contributed by atoms with Crippen molar-refractivity contribution >= 4 is 11.9 Å². The Kier molecular flexibility index (Phi) is 3.04. The Balaban J connectivity index is 1.65. The minimum absolute atomic E-state index is 0.0729. The van der Waals surface area contributed by atoms with Crippen LogP contribution in [0.1, 0.15) is 44.9 Å². The number of likely N-dealkylation sites (tertiary alicyclic amines) is 1. The van der Waals surface area contributed by atoms with Crippen LogP contribution in [0.5, 0.6) is 0 Å². The van der Waals surface area contributed by atoms with Crippen LogP contribution in [0.2, 0.25) is 0 Å². The van der Waals surface area contributed by atoms with Crippen LogP contribution in [0.15, 0.2) is 0 Å². The molecule has 1 saturated heterocycles. The standard InChI is InChI=1S/C14H21NO3/c16-12(7-6-9-4-5-9)15-8-10-2-1-3-11(10)13(15)14(17)18/h9-11,13H,1-8H2,(H,17,18). The summed E-state index contributed by atoms with van der Waals surface area (Å²) in [5, 5.41) is 9.38. The lowest BCUT2D eigenvalue weighted by Crippen LogP contribution is -2.43. The molecule has 3 unspecified atom stereocenters. The van der Waals surface area contributed by atoms with Crippen molar-refractivity contribution in [2.45, 2.75) is 51.0 Å². The molecule has 1 heterocycles. The molecule has 4 nitrogen and oxygen atoms in total. The van der Waals surface area contributed by atoms with Gasteiger partial charge in [-0.2, -0.15) is 0 Å². The predicted molar refractivity (Wildman–Crippen MR) is 65.9 cm³/mol. The summed E-state index contributed by atoms with van der Waals surface area (Å²) in [4.78, 5) is 25.3. The van der Waals surface area contributed by atoms with Crippen LogP contribution in [0.4, 0.5) is 0 Å². The highest BCUT2D eigenvalue weighted by Crippen LogP contribution is 2.43. The molecule has 4 heteroatoms. The molecule has 18 heavy (non-hydrogen) atoms. The van der Waals surface area contributed by atoms with Gasteiger partial charge < -0.3 is 10.0 Å². The van der Waals surface area contributed by atoms with Crippen molar-refractivity contribution in [1.82, 2.24) is 4.90 Å². The first-order valence-corrected chi connectivity index (χ1v) is 7.19. The van der Waals surface area contributed by atoms with Crippen molar-refractivity contribution < 1.29 is 14.7 Å². The number of carboxylic acids is 1. The zero-order chi connectivity index (χ0) is 12.7. The number of carboxylic acid groups (broad SMARTS) is 1. The van der Waals surface area contributed by atoms with Crippen molar-refractivity contribution in [3.63, 3.8) is 0 Å². The van der Waals surface area contributed by atoms with Gasteiger partial charge in [0, 0.05) is 13.0 Å². The summed E-state index contributed by atoms with van der Waals surface area (Å²) >= 11 is 0. The molecule has 1 N–H and O–H groups in total. The molecular weight excluding hydrogens is 230 g/mol. The first-order chi connectivity index (χ1) is 8.66. The molecule has 0 aromatic rings. The molecule has 2 saturated carbocycles. The average molecular weight is 251 g/mol. The highest BCUT2D eigenvalue weighted by Gasteiger charge is 2.49. The van der Waals surface area contributed by atoms with E-state index in [2.05, 4.69) is 0 Å². The second-order valence-electron chi connectivity index (χ2n) is 6.17. The van der Waals surface area contributed by atoms with Crippen molar-refractivity contribution in [2.24, 2.45) is 17.8 Å². The summed E-state index contributed by atoms with van der Waals surface area (Å²) in [6, 6.07) is -0.538. The Morgan fingerprint density at radius 1 is 1.17 bits per heavy atom. The summed E-state index contributed by atoms with van der Waals surface area (Å²) < 4.78 is 0. The highest BCUT2D eigenvalue weighted by molar-refractivity contribution is 5.84. The van der Waals surface area contributed by atoms with Gasteiger partial charge in [0.1, 0.15) is 6.04 Å². The molecule has 0 bridgehead atoms. The molecule has 3 fully saturated rings. The highest BCUT2D eigenvalue weighted by atomic mass is 16.4. The van der Waals surface area contributed by atoms with Crippen LogP contribution in [0.25, 0.3) is 0 Å². The molecule has 3 aliphatic rings. The molecular formula is C14H21NO3. The molecule has 1 aliphatic heterocycles. The van der Waals surface area contributed by atoms with E-state index in [1.165, 1.54) is 12.8 Å². The SMILES string of the molecule is O=C(O)C1C2CCCC2CN1C(=O)CCC1CC1. The summed E-state index contributed by atoms with van der Waals surface area (Å²) in [7, 11) is 0. The zero-order valence-corrected chi connectivity index (χ0v) is 10.7. The van der Waals surface area contributed by atoms with Crippen molar-refractivity contribution in [3.8, 4) is 0 Å². The zero-order valence-electron chi connectivity index (χ0n) is 10.7. The van der Waals surface area contributed by atoms with Gasteiger partial charge in [-0.3, -0.25) is 4.79 Å². The van der Waals surface area contributed by atoms with Crippen molar-refractivity contribution in [1.29, 1.82) is 0 Å². The van der Waals surface area contributed by atoms with Crippen LogP contribution in [0.3, 0.4) is 0 Å². The number of hydrogen-bond donors (Lipinski definition) is 1. The maximum atomic E-state index is 12.2. The summed E-state index contributed by atoms with van der Waals surface area (Å²) in [5.74, 6) is 0.663. The van der Waals surface area contributed by atoms with Gasteiger partial charge in [0.05, 0.1) is 0 Å². The Labute approximate surface area is 107 Å². The average Bonchev–Trinajstić information content (AvgIpc) is 2.91. The van der Waals surface area contributed by atoms with E-state index in [-0.39, 0.29) is 11.8 Å². The smallest absolute Gasteiger partial charge is 0.326 e. The van der Waals surface area contributed by atoms with Gasteiger partial charge >= 0.3 is 5.97 Å². The van der Waals surface area contributed by atoms with E-state index in [0.29, 0.717) is 18.9 Å². The number of nitrogens with zero attached hydrogens (tertiary/aromatic N) is 1. The summed E-state index contributed by atoms with van der Waals surface area (Å²) in [6.45, 7) is 0.686. The van der Waals surface area contributed by atoms with Crippen molar-refractivity contribution in [3.05, 3.63) is 0 Å². The number of aliphatic carboxylic acids is 1. The van der Waals surface area contributed by atoms with E-state index in [0.717, 1.165) is 31.6 Å². The quantitative estimate of drug-likeness (QED) is 0.830. The van der Waals surface area contributed by atoms with Crippen LogP contribution in [0, 0.1) is 17.8 Å². The number of amides is 1.